The van der Waals surface area contributed by atoms with Crippen molar-refractivity contribution in [2.24, 2.45) is 0 Å². The number of methoxy groups -OCH3 is 1. The fourth-order valence-corrected chi connectivity index (χ4v) is 5.19. The van der Waals surface area contributed by atoms with E-state index in [1.807, 2.05) is 31.2 Å². The van der Waals surface area contributed by atoms with Crippen LogP contribution in [-0.2, 0) is 9.84 Å². The molecule has 3 aromatic rings. The van der Waals surface area contributed by atoms with Gasteiger partial charge in [-0.15, -0.1) is 0 Å². The number of carbonyl (C=O) groups excluding carboxylic acids is 1. The van der Waals surface area contributed by atoms with Crippen LogP contribution in [0.2, 0.25) is 0 Å². The minimum absolute atomic E-state index is 0.135. The van der Waals surface area contributed by atoms with Crippen molar-refractivity contribution in [3.05, 3.63) is 95.1 Å². The quantitative estimate of drug-likeness (QED) is 0.412. The van der Waals surface area contributed by atoms with Crippen LogP contribution >= 0.6 is 0 Å². The fourth-order valence-electron chi connectivity index (χ4n) is 3.46. The van der Waals surface area contributed by atoms with Crippen molar-refractivity contribution in [2.75, 3.05) is 7.11 Å². The molecule has 0 aliphatic heterocycles. The molecule has 4 nitrogen and oxygen atoms in total. The first-order valence-electron chi connectivity index (χ1n) is 10.3. The number of ether oxygens (including phenoxy) is 1. The van der Waals surface area contributed by atoms with E-state index in [4.69, 9.17) is 4.74 Å². The average molecular weight is 437 g/mol. The van der Waals surface area contributed by atoms with Gasteiger partial charge in [0.25, 0.3) is 0 Å². The summed E-state index contributed by atoms with van der Waals surface area (Å²) in [6.07, 6.45) is -0.135. The molecule has 1 atom stereocenters. The van der Waals surface area contributed by atoms with Gasteiger partial charge in [-0.3, -0.25) is 4.79 Å². The number of hydrogen-bond donors (Lipinski definition) is 0. The van der Waals surface area contributed by atoms with Crippen LogP contribution in [0.5, 0.6) is 5.75 Å². The number of hydrogen-bond acceptors (Lipinski definition) is 4. The Balaban J connectivity index is 2.00. The zero-order chi connectivity index (χ0) is 22.6. The lowest BCUT2D eigenvalue weighted by Crippen LogP contribution is -2.18. The summed E-state index contributed by atoms with van der Waals surface area (Å²) in [6, 6.07) is 21.0. The molecular weight excluding hydrogens is 408 g/mol. The van der Waals surface area contributed by atoms with Crippen LogP contribution < -0.4 is 4.74 Å². The lowest BCUT2D eigenvalue weighted by molar-refractivity contribution is 0.0980. The van der Waals surface area contributed by atoms with E-state index in [2.05, 4.69) is 13.8 Å². The Labute approximate surface area is 184 Å². The summed E-state index contributed by atoms with van der Waals surface area (Å²) in [5.41, 5.74) is 3.18. The Kier molecular flexibility index (Phi) is 6.96. The Bertz CT molecular complexity index is 1130. The van der Waals surface area contributed by atoms with Gasteiger partial charge in [0.1, 0.15) is 5.75 Å². The topological polar surface area (TPSA) is 60.4 Å². The number of aryl methyl sites for hydroxylation is 1. The number of benzene rings is 3. The molecule has 31 heavy (non-hydrogen) atoms. The van der Waals surface area contributed by atoms with Crippen LogP contribution in [0.15, 0.2) is 77.7 Å². The van der Waals surface area contributed by atoms with Gasteiger partial charge in [-0.05, 0) is 60.4 Å². The van der Waals surface area contributed by atoms with Crippen molar-refractivity contribution in [1.29, 1.82) is 0 Å². The monoisotopic (exact) mass is 436 g/mol. The summed E-state index contributed by atoms with van der Waals surface area (Å²) >= 11 is 0. The standard InChI is InChI=1S/C26H28O4S/c1-18(2)20-7-9-22(10-8-20)26(31(28,29)24-15-5-19(3)6-16-24)17-25(27)21-11-13-23(30-4)14-12-21/h5-16,18,26H,17H2,1-4H3. The average Bonchev–Trinajstić information content (AvgIpc) is 2.77. The zero-order valence-corrected chi connectivity index (χ0v) is 19.1. The van der Waals surface area contributed by atoms with Crippen molar-refractivity contribution in [3.63, 3.8) is 0 Å². The lowest BCUT2D eigenvalue weighted by Gasteiger charge is -2.19. The summed E-state index contributed by atoms with van der Waals surface area (Å²) in [6.45, 7) is 6.08. The van der Waals surface area contributed by atoms with Crippen molar-refractivity contribution < 1.29 is 17.9 Å². The molecule has 0 aliphatic carbocycles. The fraction of sp³-hybridized carbons (Fsp3) is 0.269. The van der Waals surface area contributed by atoms with Gasteiger partial charge < -0.3 is 4.74 Å². The van der Waals surface area contributed by atoms with Crippen LogP contribution in [0.3, 0.4) is 0 Å². The van der Waals surface area contributed by atoms with Crippen molar-refractivity contribution >= 4 is 15.6 Å². The molecule has 0 radical (unpaired) electrons. The van der Waals surface area contributed by atoms with Crippen LogP contribution in [0.4, 0.5) is 0 Å². The number of ketones is 1. The van der Waals surface area contributed by atoms with Gasteiger partial charge in [0.15, 0.2) is 15.6 Å². The molecule has 0 amide bonds. The molecule has 1 unspecified atom stereocenters. The van der Waals surface area contributed by atoms with Crippen LogP contribution in [0, 0.1) is 6.92 Å². The molecule has 0 aliphatic rings. The van der Waals surface area contributed by atoms with Crippen molar-refractivity contribution in [1.82, 2.24) is 0 Å². The summed E-state index contributed by atoms with van der Waals surface area (Å²) in [5, 5.41) is -0.967. The van der Waals surface area contributed by atoms with E-state index >= 15 is 0 Å². The van der Waals surface area contributed by atoms with Gasteiger partial charge in [-0.1, -0.05) is 55.8 Å². The highest BCUT2D eigenvalue weighted by Gasteiger charge is 2.31. The molecule has 5 heteroatoms. The zero-order valence-electron chi connectivity index (χ0n) is 18.3. The van der Waals surface area contributed by atoms with Gasteiger partial charge >= 0.3 is 0 Å². The van der Waals surface area contributed by atoms with E-state index in [0.717, 1.165) is 11.1 Å². The summed E-state index contributed by atoms with van der Waals surface area (Å²) in [4.78, 5) is 13.3. The molecule has 0 saturated heterocycles. The Morgan fingerprint density at radius 1 is 0.839 bits per heavy atom. The van der Waals surface area contributed by atoms with E-state index in [0.29, 0.717) is 22.8 Å². The minimum Gasteiger partial charge on any atom is -0.497 e. The third kappa shape index (κ3) is 5.23. The normalized spacial score (nSPS) is 12.5. The summed E-state index contributed by atoms with van der Waals surface area (Å²) in [7, 11) is -2.21. The largest absolute Gasteiger partial charge is 0.497 e. The Hall–Kier alpha value is -2.92. The molecule has 0 saturated carbocycles. The second-order valence-corrected chi connectivity index (χ2v) is 10.2. The minimum atomic E-state index is -3.77. The third-order valence-electron chi connectivity index (χ3n) is 5.48. The molecule has 0 fully saturated rings. The SMILES string of the molecule is COc1ccc(C(=O)CC(c2ccc(C(C)C)cc2)S(=O)(=O)c2ccc(C)cc2)cc1. The maximum atomic E-state index is 13.6. The highest BCUT2D eigenvalue weighted by atomic mass is 32.2. The molecule has 0 aromatic heterocycles. The second-order valence-electron chi connectivity index (χ2n) is 8.02. The van der Waals surface area contributed by atoms with E-state index in [1.54, 1.807) is 55.6 Å². The first-order valence-corrected chi connectivity index (χ1v) is 11.8. The van der Waals surface area contributed by atoms with Gasteiger partial charge in [-0.2, -0.15) is 0 Å². The first-order chi connectivity index (χ1) is 14.7. The van der Waals surface area contributed by atoms with E-state index in [9.17, 15) is 13.2 Å². The third-order valence-corrected chi connectivity index (χ3v) is 7.60. The Morgan fingerprint density at radius 3 is 1.90 bits per heavy atom. The molecule has 0 bridgehead atoms. The summed E-state index contributed by atoms with van der Waals surface area (Å²) in [5.74, 6) is 0.753. The maximum Gasteiger partial charge on any atom is 0.185 e. The molecule has 3 rings (SSSR count). The van der Waals surface area contributed by atoms with Crippen molar-refractivity contribution in [2.45, 2.75) is 43.3 Å². The van der Waals surface area contributed by atoms with E-state index in [-0.39, 0.29) is 17.1 Å². The van der Waals surface area contributed by atoms with Gasteiger partial charge in [0.2, 0.25) is 0 Å². The molecular formula is C26H28O4S. The highest BCUT2D eigenvalue weighted by molar-refractivity contribution is 7.91. The smallest absolute Gasteiger partial charge is 0.185 e. The molecule has 0 N–H and O–H groups in total. The molecule has 0 spiro atoms. The number of rotatable bonds is 8. The molecule has 162 valence electrons. The number of sulfone groups is 1. The van der Waals surface area contributed by atoms with E-state index in [1.165, 1.54) is 0 Å². The van der Waals surface area contributed by atoms with Crippen molar-refractivity contribution in [3.8, 4) is 5.75 Å². The molecule has 0 heterocycles. The van der Waals surface area contributed by atoms with Crippen LogP contribution in [-0.4, -0.2) is 21.3 Å². The van der Waals surface area contributed by atoms with Gasteiger partial charge in [0, 0.05) is 12.0 Å². The lowest BCUT2D eigenvalue weighted by atomic mass is 9.98. The predicted molar refractivity (Wildman–Crippen MR) is 124 cm³/mol. The van der Waals surface area contributed by atoms with Gasteiger partial charge in [-0.25, -0.2) is 8.42 Å². The van der Waals surface area contributed by atoms with Crippen LogP contribution in [0.1, 0.15) is 58.5 Å². The highest BCUT2D eigenvalue weighted by Crippen LogP contribution is 2.34. The predicted octanol–water partition coefficient (Wildman–Crippen LogP) is 5.92. The molecule has 3 aromatic carbocycles. The Morgan fingerprint density at radius 2 is 1.39 bits per heavy atom. The second kappa shape index (κ2) is 9.48. The summed E-state index contributed by atoms with van der Waals surface area (Å²) < 4.78 is 32.3. The number of Topliss-reactive ketones (excluding diaryl/α,β-unsaturated/α-hetero) is 1. The number of carbonyl (C=O) groups is 1. The van der Waals surface area contributed by atoms with E-state index < -0.39 is 15.1 Å². The van der Waals surface area contributed by atoms with Crippen LogP contribution in [0.25, 0.3) is 0 Å². The van der Waals surface area contributed by atoms with Gasteiger partial charge in [0.05, 0.1) is 17.3 Å². The maximum absolute atomic E-state index is 13.6. The first kappa shape index (κ1) is 22.8.